The van der Waals surface area contributed by atoms with E-state index in [2.05, 4.69) is 49.8 Å². The average Bonchev–Trinajstić information content (AvgIpc) is 3.31. The van der Waals surface area contributed by atoms with E-state index in [-0.39, 0.29) is 5.91 Å². The van der Waals surface area contributed by atoms with Crippen LogP contribution in [0.2, 0.25) is 0 Å². The number of nitrogens with one attached hydrogen (secondary N) is 3. The minimum absolute atomic E-state index is 0.193. The first-order valence-corrected chi connectivity index (χ1v) is 8.20. The molecule has 4 aromatic rings. The highest BCUT2D eigenvalue weighted by molar-refractivity contribution is 7.14. The maximum Gasteiger partial charge on any atom is 0.254 e. The largest absolute Gasteiger partial charge is 0.353 e. The van der Waals surface area contributed by atoms with Gasteiger partial charge in [0, 0.05) is 17.1 Å². The van der Waals surface area contributed by atoms with Gasteiger partial charge in [-0.2, -0.15) is 5.10 Å². The number of carbonyl (C=O) groups is 1. The Labute approximate surface area is 141 Å². The zero-order valence-corrected chi connectivity index (χ0v) is 13.6. The van der Waals surface area contributed by atoms with Crippen molar-refractivity contribution >= 4 is 28.1 Å². The smallest absolute Gasteiger partial charge is 0.254 e. The van der Waals surface area contributed by atoms with Crippen LogP contribution < -0.4 is 5.32 Å². The predicted octanol–water partition coefficient (Wildman–Crippen LogP) is 2.65. The summed E-state index contributed by atoms with van der Waals surface area (Å²) in [5.74, 6) is -0.193. The number of aryl methyl sites for hydroxylation is 1. The molecular weight excluding hydrogens is 324 g/mol. The predicted molar refractivity (Wildman–Crippen MR) is 91.7 cm³/mol. The third-order valence-corrected chi connectivity index (χ3v) is 4.70. The molecule has 0 aliphatic rings. The Kier molecular flexibility index (Phi) is 3.58. The minimum atomic E-state index is -0.193. The number of amides is 1. The first-order valence-electron chi connectivity index (χ1n) is 7.39. The molecule has 24 heavy (non-hydrogen) atoms. The van der Waals surface area contributed by atoms with Crippen LogP contribution in [0.5, 0.6) is 0 Å². The Morgan fingerprint density at radius 3 is 3.04 bits per heavy atom. The number of H-pyrrole nitrogens is 2. The number of hydrogen-bond donors (Lipinski definition) is 3. The van der Waals surface area contributed by atoms with E-state index in [9.17, 15) is 4.79 Å². The van der Waals surface area contributed by atoms with Crippen molar-refractivity contribution in [1.29, 1.82) is 0 Å². The quantitative estimate of drug-likeness (QED) is 0.532. The molecule has 0 aliphatic heterocycles. The standard InChI is InChI=1S/C16H14N6OS/c1-9-3-2-4-12-11(9)5-13(20-12)16-22-21-14(24-16)8-17-15(23)10-6-18-19-7-10/h2-7,20H,8H2,1H3,(H,17,23)(H,18,19). The highest BCUT2D eigenvalue weighted by atomic mass is 32.1. The second kappa shape index (κ2) is 5.89. The van der Waals surface area contributed by atoms with Gasteiger partial charge in [-0.3, -0.25) is 9.89 Å². The van der Waals surface area contributed by atoms with Gasteiger partial charge in [-0.25, -0.2) is 0 Å². The lowest BCUT2D eigenvalue weighted by Gasteiger charge is -1.98. The van der Waals surface area contributed by atoms with Crippen LogP contribution in [-0.4, -0.2) is 31.3 Å². The lowest BCUT2D eigenvalue weighted by atomic mass is 10.1. The molecule has 4 rings (SSSR count). The number of rotatable bonds is 4. The minimum Gasteiger partial charge on any atom is -0.353 e. The summed E-state index contributed by atoms with van der Waals surface area (Å²) in [6.45, 7) is 2.41. The molecule has 0 unspecified atom stereocenters. The lowest BCUT2D eigenvalue weighted by Crippen LogP contribution is -2.22. The highest BCUT2D eigenvalue weighted by Crippen LogP contribution is 2.28. The Morgan fingerprint density at radius 1 is 1.33 bits per heavy atom. The van der Waals surface area contributed by atoms with E-state index in [1.54, 1.807) is 6.20 Å². The second-order valence-corrected chi connectivity index (χ2v) is 6.45. The van der Waals surface area contributed by atoms with Gasteiger partial charge >= 0.3 is 0 Å². The van der Waals surface area contributed by atoms with Crippen LogP contribution in [-0.2, 0) is 6.54 Å². The molecule has 0 saturated carbocycles. The monoisotopic (exact) mass is 338 g/mol. The lowest BCUT2D eigenvalue weighted by molar-refractivity contribution is 0.0951. The molecule has 120 valence electrons. The summed E-state index contributed by atoms with van der Waals surface area (Å²) in [5.41, 5.74) is 3.72. The number of nitrogens with zero attached hydrogens (tertiary/aromatic N) is 3. The molecular formula is C16H14N6OS. The first-order chi connectivity index (χ1) is 11.7. The van der Waals surface area contributed by atoms with E-state index in [1.165, 1.54) is 28.5 Å². The summed E-state index contributed by atoms with van der Waals surface area (Å²) in [5, 5.41) is 20.3. The molecule has 0 atom stereocenters. The Bertz CT molecular complexity index is 1000. The fraction of sp³-hybridized carbons (Fsp3) is 0.125. The molecule has 0 bridgehead atoms. The molecule has 1 amide bonds. The fourth-order valence-corrected chi connectivity index (χ4v) is 3.24. The molecule has 3 N–H and O–H groups in total. The molecule has 0 saturated heterocycles. The van der Waals surface area contributed by atoms with Crippen LogP contribution in [0.25, 0.3) is 21.6 Å². The van der Waals surface area contributed by atoms with Crippen LogP contribution >= 0.6 is 11.3 Å². The molecule has 8 heteroatoms. The summed E-state index contributed by atoms with van der Waals surface area (Å²) in [7, 11) is 0. The zero-order chi connectivity index (χ0) is 16.5. The number of hydrogen-bond acceptors (Lipinski definition) is 5. The SMILES string of the molecule is Cc1cccc2[nH]c(-c3nnc(CNC(=O)c4cn[nH]c4)s3)cc12. The van der Waals surface area contributed by atoms with Crippen molar-refractivity contribution in [2.45, 2.75) is 13.5 Å². The van der Waals surface area contributed by atoms with Gasteiger partial charge in [0.15, 0.2) is 5.01 Å². The van der Waals surface area contributed by atoms with E-state index in [4.69, 9.17) is 0 Å². The molecule has 1 aromatic carbocycles. The van der Waals surface area contributed by atoms with Gasteiger partial charge in [0.2, 0.25) is 0 Å². The highest BCUT2D eigenvalue weighted by Gasteiger charge is 2.12. The third-order valence-electron chi connectivity index (χ3n) is 3.74. The van der Waals surface area contributed by atoms with E-state index in [0.29, 0.717) is 12.1 Å². The van der Waals surface area contributed by atoms with Crippen LogP contribution in [0.1, 0.15) is 20.9 Å². The van der Waals surface area contributed by atoms with Crippen molar-refractivity contribution in [2.24, 2.45) is 0 Å². The Balaban J connectivity index is 1.51. The zero-order valence-electron chi connectivity index (χ0n) is 12.8. The second-order valence-electron chi connectivity index (χ2n) is 5.39. The summed E-state index contributed by atoms with van der Waals surface area (Å²) < 4.78 is 0. The van der Waals surface area contributed by atoms with Crippen molar-refractivity contribution < 1.29 is 4.79 Å². The Hall–Kier alpha value is -3.00. The van der Waals surface area contributed by atoms with Crippen LogP contribution in [0.3, 0.4) is 0 Å². The van der Waals surface area contributed by atoms with Crippen LogP contribution in [0.4, 0.5) is 0 Å². The summed E-state index contributed by atoms with van der Waals surface area (Å²) in [4.78, 5) is 15.3. The topological polar surface area (TPSA) is 99.3 Å². The molecule has 0 fully saturated rings. The van der Waals surface area contributed by atoms with Crippen molar-refractivity contribution in [3.63, 3.8) is 0 Å². The van der Waals surface area contributed by atoms with E-state index in [0.717, 1.165) is 21.2 Å². The molecule has 3 aromatic heterocycles. The van der Waals surface area contributed by atoms with Crippen LogP contribution in [0, 0.1) is 6.92 Å². The van der Waals surface area contributed by atoms with Crippen molar-refractivity contribution in [2.75, 3.05) is 0 Å². The normalized spacial score (nSPS) is 11.0. The maximum atomic E-state index is 11.9. The molecule has 0 spiro atoms. The number of carbonyl (C=O) groups excluding carboxylic acids is 1. The van der Waals surface area contributed by atoms with Gasteiger partial charge in [0.05, 0.1) is 24.0 Å². The number of benzene rings is 1. The molecule has 3 heterocycles. The first kappa shape index (κ1) is 14.6. The molecule has 7 nitrogen and oxygen atoms in total. The van der Waals surface area contributed by atoms with Gasteiger partial charge in [-0.15, -0.1) is 10.2 Å². The van der Waals surface area contributed by atoms with Gasteiger partial charge in [-0.1, -0.05) is 23.5 Å². The molecule has 0 aliphatic carbocycles. The summed E-state index contributed by atoms with van der Waals surface area (Å²) in [6, 6.07) is 8.23. The summed E-state index contributed by atoms with van der Waals surface area (Å²) in [6.07, 6.45) is 3.03. The fourth-order valence-electron chi connectivity index (χ4n) is 2.49. The van der Waals surface area contributed by atoms with Gasteiger partial charge in [0.25, 0.3) is 5.91 Å². The number of aromatic amines is 2. The average molecular weight is 338 g/mol. The van der Waals surface area contributed by atoms with E-state index in [1.807, 2.05) is 12.1 Å². The number of fused-ring (bicyclic) bond motifs is 1. The van der Waals surface area contributed by atoms with Gasteiger partial charge < -0.3 is 10.3 Å². The van der Waals surface area contributed by atoms with E-state index >= 15 is 0 Å². The van der Waals surface area contributed by atoms with Crippen molar-refractivity contribution in [3.05, 3.63) is 52.8 Å². The van der Waals surface area contributed by atoms with Crippen LogP contribution in [0.15, 0.2) is 36.7 Å². The Morgan fingerprint density at radius 2 is 2.25 bits per heavy atom. The molecule has 0 radical (unpaired) electrons. The maximum absolute atomic E-state index is 11.9. The van der Waals surface area contributed by atoms with E-state index < -0.39 is 0 Å². The van der Waals surface area contributed by atoms with Gasteiger partial charge in [-0.05, 0) is 24.6 Å². The number of aromatic nitrogens is 5. The third kappa shape index (κ3) is 2.67. The van der Waals surface area contributed by atoms with Crippen molar-refractivity contribution in [3.8, 4) is 10.7 Å². The summed E-state index contributed by atoms with van der Waals surface area (Å²) >= 11 is 1.45. The van der Waals surface area contributed by atoms with Crippen molar-refractivity contribution in [1.82, 2.24) is 30.7 Å². The van der Waals surface area contributed by atoms with Gasteiger partial charge in [0.1, 0.15) is 5.01 Å².